The molecule has 134 valence electrons. The van der Waals surface area contributed by atoms with Crippen LogP contribution in [-0.4, -0.2) is 35.3 Å². The molecule has 1 aliphatic heterocycles. The predicted octanol–water partition coefficient (Wildman–Crippen LogP) is 3.79. The van der Waals surface area contributed by atoms with E-state index in [9.17, 15) is 0 Å². The van der Waals surface area contributed by atoms with Crippen LogP contribution in [0, 0.1) is 0 Å². The molecule has 0 unspecified atom stereocenters. The largest absolute Gasteiger partial charge is 0.486 e. The predicted molar refractivity (Wildman–Crippen MR) is 97.3 cm³/mol. The Morgan fingerprint density at radius 3 is 2.73 bits per heavy atom. The third kappa shape index (κ3) is 3.81. The molecule has 2 heterocycles. The lowest BCUT2D eigenvalue weighted by atomic mass is 10.2. The Balaban J connectivity index is 1.41. The number of fused-ring (bicyclic) bond motifs is 1. The molecule has 0 bridgehead atoms. The molecular weight excluding hydrogens is 354 g/mol. The van der Waals surface area contributed by atoms with Crippen molar-refractivity contribution in [3.63, 3.8) is 0 Å². The molecule has 0 saturated carbocycles. The summed E-state index contributed by atoms with van der Waals surface area (Å²) in [6.45, 7) is 2.45. The summed E-state index contributed by atoms with van der Waals surface area (Å²) in [4.78, 5) is 6.55. The molecule has 0 N–H and O–H groups in total. The highest BCUT2D eigenvalue weighted by atomic mass is 35.5. The van der Waals surface area contributed by atoms with Gasteiger partial charge in [0.2, 0.25) is 11.7 Å². The molecule has 0 radical (unpaired) electrons. The number of rotatable bonds is 5. The second-order valence-corrected chi connectivity index (χ2v) is 6.61. The second-order valence-electron chi connectivity index (χ2n) is 6.17. The first-order valence-corrected chi connectivity index (χ1v) is 8.71. The number of nitrogens with zero attached hydrogens (tertiary/aromatic N) is 3. The number of benzene rings is 2. The summed E-state index contributed by atoms with van der Waals surface area (Å²) in [6, 6.07) is 13.4. The number of aromatic nitrogens is 2. The van der Waals surface area contributed by atoms with E-state index < -0.39 is 0 Å². The van der Waals surface area contributed by atoms with Crippen LogP contribution in [0.1, 0.15) is 11.5 Å². The van der Waals surface area contributed by atoms with Gasteiger partial charge in [0.05, 0.1) is 6.54 Å². The molecule has 4 rings (SSSR count). The van der Waals surface area contributed by atoms with Crippen LogP contribution < -0.4 is 9.47 Å². The molecule has 0 atom stereocenters. The summed E-state index contributed by atoms with van der Waals surface area (Å²) >= 11 is 6.01. The van der Waals surface area contributed by atoms with Gasteiger partial charge in [-0.15, -0.1) is 0 Å². The standard InChI is InChI=1S/C19H18ClN3O3/c1-23(11-13-5-6-16-17(9-13)25-8-7-24-16)12-18-21-19(22-26-18)14-3-2-4-15(20)10-14/h2-6,9-10H,7-8,11-12H2,1H3. The summed E-state index contributed by atoms with van der Waals surface area (Å²) in [5.41, 5.74) is 1.97. The van der Waals surface area contributed by atoms with Gasteiger partial charge >= 0.3 is 0 Å². The average molecular weight is 372 g/mol. The van der Waals surface area contributed by atoms with Gasteiger partial charge in [0.15, 0.2) is 11.5 Å². The normalized spacial score (nSPS) is 13.2. The first-order chi connectivity index (χ1) is 12.7. The zero-order valence-electron chi connectivity index (χ0n) is 14.3. The van der Waals surface area contributed by atoms with E-state index in [4.69, 9.17) is 25.6 Å². The van der Waals surface area contributed by atoms with Crippen LogP contribution in [0.25, 0.3) is 11.4 Å². The van der Waals surface area contributed by atoms with Gasteiger partial charge in [-0.25, -0.2) is 0 Å². The van der Waals surface area contributed by atoms with E-state index in [0.29, 0.717) is 36.5 Å². The maximum absolute atomic E-state index is 6.01. The molecule has 7 heteroatoms. The van der Waals surface area contributed by atoms with Crippen molar-refractivity contribution in [1.29, 1.82) is 0 Å². The highest BCUT2D eigenvalue weighted by Crippen LogP contribution is 2.31. The van der Waals surface area contributed by atoms with E-state index >= 15 is 0 Å². The van der Waals surface area contributed by atoms with Crippen molar-refractivity contribution in [3.8, 4) is 22.9 Å². The third-order valence-corrected chi connectivity index (χ3v) is 4.25. The lowest BCUT2D eigenvalue weighted by molar-refractivity contribution is 0.171. The van der Waals surface area contributed by atoms with Gasteiger partial charge in [-0.2, -0.15) is 4.98 Å². The molecule has 3 aromatic rings. The number of halogens is 1. The van der Waals surface area contributed by atoms with Crippen molar-refractivity contribution < 1.29 is 14.0 Å². The minimum Gasteiger partial charge on any atom is -0.486 e. The van der Waals surface area contributed by atoms with Gasteiger partial charge in [0.1, 0.15) is 13.2 Å². The quantitative estimate of drug-likeness (QED) is 0.680. The van der Waals surface area contributed by atoms with Crippen LogP contribution in [0.15, 0.2) is 47.0 Å². The first kappa shape index (κ1) is 16.9. The van der Waals surface area contributed by atoms with Crippen molar-refractivity contribution in [2.24, 2.45) is 0 Å². The van der Waals surface area contributed by atoms with Gasteiger partial charge in [0.25, 0.3) is 0 Å². The van der Waals surface area contributed by atoms with Crippen molar-refractivity contribution >= 4 is 11.6 Å². The van der Waals surface area contributed by atoms with E-state index in [1.54, 1.807) is 0 Å². The maximum Gasteiger partial charge on any atom is 0.241 e. The van der Waals surface area contributed by atoms with Gasteiger partial charge < -0.3 is 14.0 Å². The maximum atomic E-state index is 6.01. The Morgan fingerprint density at radius 1 is 1.04 bits per heavy atom. The summed E-state index contributed by atoms with van der Waals surface area (Å²) in [6.07, 6.45) is 0. The Bertz CT molecular complexity index is 913. The SMILES string of the molecule is CN(Cc1ccc2c(c1)OCCO2)Cc1nc(-c2cccc(Cl)c2)no1. The first-order valence-electron chi connectivity index (χ1n) is 8.33. The molecule has 0 aliphatic carbocycles. The van der Waals surface area contributed by atoms with Crippen LogP contribution in [-0.2, 0) is 13.1 Å². The van der Waals surface area contributed by atoms with Crippen molar-refractivity contribution in [2.45, 2.75) is 13.1 Å². The number of ether oxygens (including phenoxy) is 2. The summed E-state index contributed by atoms with van der Waals surface area (Å²) in [7, 11) is 2.00. The molecular formula is C19H18ClN3O3. The Kier molecular flexibility index (Phi) is 4.77. The van der Waals surface area contributed by atoms with Crippen LogP contribution in [0.4, 0.5) is 0 Å². The average Bonchev–Trinajstić information content (AvgIpc) is 3.10. The lowest BCUT2D eigenvalue weighted by Gasteiger charge is -2.20. The van der Waals surface area contributed by atoms with E-state index in [1.165, 1.54) is 0 Å². The van der Waals surface area contributed by atoms with Gasteiger partial charge in [-0.1, -0.05) is 35.0 Å². The fraction of sp³-hybridized carbons (Fsp3) is 0.263. The molecule has 0 amide bonds. The van der Waals surface area contributed by atoms with E-state index in [0.717, 1.165) is 29.2 Å². The van der Waals surface area contributed by atoms with Crippen LogP contribution in [0.5, 0.6) is 11.5 Å². The molecule has 2 aromatic carbocycles. The summed E-state index contributed by atoms with van der Waals surface area (Å²) in [5.74, 6) is 2.68. The second kappa shape index (κ2) is 7.35. The highest BCUT2D eigenvalue weighted by Gasteiger charge is 2.14. The molecule has 1 aliphatic rings. The van der Waals surface area contributed by atoms with Gasteiger partial charge in [0, 0.05) is 17.1 Å². The molecule has 0 fully saturated rings. The number of hydrogen-bond acceptors (Lipinski definition) is 6. The Hall–Kier alpha value is -2.57. The molecule has 0 spiro atoms. The highest BCUT2D eigenvalue weighted by molar-refractivity contribution is 6.30. The third-order valence-electron chi connectivity index (χ3n) is 4.02. The van der Waals surface area contributed by atoms with Crippen LogP contribution in [0.2, 0.25) is 5.02 Å². The van der Waals surface area contributed by atoms with Crippen LogP contribution in [0.3, 0.4) is 0 Å². The van der Waals surface area contributed by atoms with Gasteiger partial charge in [-0.05, 0) is 36.9 Å². The van der Waals surface area contributed by atoms with E-state index in [-0.39, 0.29) is 0 Å². The molecule has 1 aromatic heterocycles. The van der Waals surface area contributed by atoms with E-state index in [2.05, 4.69) is 15.0 Å². The molecule has 6 nitrogen and oxygen atoms in total. The monoisotopic (exact) mass is 371 g/mol. The minimum absolute atomic E-state index is 0.537. The molecule has 26 heavy (non-hydrogen) atoms. The summed E-state index contributed by atoms with van der Waals surface area (Å²) < 4.78 is 16.5. The zero-order valence-corrected chi connectivity index (χ0v) is 15.1. The lowest BCUT2D eigenvalue weighted by Crippen LogP contribution is -2.18. The fourth-order valence-electron chi connectivity index (χ4n) is 2.85. The fourth-order valence-corrected chi connectivity index (χ4v) is 3.04. The van der Waals surface area contributed by atoms with Gasteiger partial charge in [-0.3, -0.25) is 4.90 Å². The van der Waals surface area contributed by atoms with E-state index in [1.807, 2.05) is 49.5 Å². The van der Waals surface area contributed by atoms with Crippen LogP contribution >= 0.6 is 11.6 Å². The van der Waals surface area contributed by atoms with Crippen molar-refractivity contribution in [1.82, 2.24) is 15.0 Å². The molecule has 0 saturated heterocycles. The smallest absolute Gasteiger partial charge is 0.241 e. The Labute approximate surface area is 156 Å². The topological polar surface area (TPSA) is 60.6 Å². The number of hydrogen-bond donors (Lipinski definition) is 0. The van der Waals surface area contributed by atoms with Crippen molar-refractivity contribution in [2.75, 3.05) is 20.3 Å². The summed E-state index contributed by atoms with van der Waals surface area (Å²) in [5, 5.41) is 4.68. The minimum atomic E-state index is 0.537. The van der Waals surface area contributed by atoms with Crippen molar-refractivity contribution in [3.05, 3.63) is 58.9 Å². The Morgan fingerprint density at radius 2 is 1.88 bits per heavy atom. The zero-order chi connectivity index (χ0) is 17.9.